The van der Waals surface area contributed by atoms with Crippen molar-refractivity contribution in [2.24, 2.45) is 0 Å². The smallest absolute Gasteiger partial charge is 0.191 e. The molecule has 3 nitrogen and oxygen atoms in total. The molecule has 0 unspecified atom stereocenters. The second-order valence-electron chi connectivity index (χ2n) is 3.49. The van der Waals surface area contributed by atoms with Crippen molar-refractivity contribution in [3.63, 3.8) is 0 Å². The van der Waals surface area contributed by atoms with Gasteiger partial charge in [0, 0.05) is 12.1 Å². The monoisotopic (exact) mass is 272 g/mol. The quantitative estimate of drug-likeness (QED) is 0.590. The molecule has 0 amide bonds. The molecule has 1 aromatic rings. The number of alkyl halides is 1. The third-order valence-electron chi connectivity index (χ3n) is 2.40. The molecule has 1 aromatic heterocycles. The maximum absolute atomic E-state index is 11.7. The van der Waals surface area contributed by atoms with Crippen LogP contribution < -0.4 is 0 Å². The van der Waals surface area contributed by atoms with Gasteiger partial charge >= 0.3 is 0 Å². The third-order valence-corrected chi connectivity index (χ3v) is 2.91. The first-order valence-electron chi connectivity index (χ1n) is 5.38. The molecule has 15 heavy (non-hydrogen) atoms. The number of unbranched alkanes of at least 4 members (excludes halogenated alkanes) is 1. The van der Waals surface area contributed by atoms with E-state index < -0.39 is 0 Å². The Balaban J connectivity index is 2.95. The van der Waals surface area contributed by atoms with E-state index in [-0.39, 0.29) is 5.78 Å². The minimum Gasteiger partial charge on any atom is -0.292 e. The molecule has 0 N–H and O–H groups in total. The zero-order chi connectivity index (χ0) is 11.3. The summed E-state index contributed by atoms with van der Waals surface area (Å²) in [5.41, 5.74) is 1.87. The molecule has 0 saturated carbocycles. The minimum atomic E-state index is 0.125. The van der Waals surface area contributed by atoms with Crippen LogP contribution in [0.5, 0.6) is 0 Å². The van der Waals surface area contributed by atoms with E-state index in [9.17, 15) is 4.79 Å². The molecule has 0 aliphatic carbocycles. The van der Waals surface area contributed by atoms with Crippen LogP contribution in [-0.2, 0) is 13.0 Å². The fourth-order valence-corrected chi connectivity index (χ4v) is 1.87. The van der Waals surface area contributed by atoms with Gasteiger partial charge in [0.1, 0.15) is 5.69 Å². The maximum Gasteiger partial charge on any atom is 0.191 e. The molecule has 0 saturated heterocycles. The van der Waals surface area contributed by atoms with Crippen molar-refractivity contribution in [2.45, 2.75) is 39.7 Å². The predicted molar refractivity (Wildman–Crippen MR) is 64.6 cm³/mol. The fraction of sp³-hybridized carbons (Fsp3) is 0.636. The summed E-state index contributed by atoms with van der Waals surface area (Å²) < 4.78 is 1.79. The number of Topliss-reactive ketones (excluding diaryl/α,β-unsaturated/α-hetero) is 1. The second kappa shape index (κ2) is 6.05. The number of halogens is 1. The lowest BCUT2D eigenvalue weighted by atomic mass is 10.1. The number of rotatable bonds is 6. The molecular formula is C11H17BrN2O. The van der Waals surface area contributed by atoms with Crippen molar-refractivity contribution in [1.29, 1.82) is 0 Å². The van der Waals surface area contributed by atoms with Crippen molar-refractivity contribution >= 4 is 21.7 Å². The summed E-state index contributed by atoms with van der Waals surface area (Å²) in [7, 11) is 0. The molecule has 0 aliphatic heterocycles. The predicted octanol–water partition coefficient (Wildman–Crippen LogP) is 2.82. The molecule has 1 rings (SSSR count). The van der Waals surface area contributed by atoms with Crippen molar-refractivity contribution in [2.75, 3.05) is 5.33 Å². The Morgan fingerprint density at radius 1 is 1.53 bits per heavy atom. The third kappa shape index (κ3) is 2.91. The zero-order valence-electron chi connectivity index (χ0n) is 9.29. The first-order chi connectivity index (χ1) is 7.24. The summed E-state index contributed by atoms with van der Waals surface area (Å²) in [5, 5.41) is 4.60. The number of hydrogen-bond acceptors (Lipinski definition) is 2. The van der Waals surface area contributed by atoms with Crippen LogP contribution in [-0.4, -0.2) is 20.9 Å². The van der Waals surface area contributed by atoms with Gasteiger partial charge in [-0.25, -0.2) is 0 Å². The van der Waals surface area contributed by atoms with Crippen LogP contribution in [0.4, 0.5) is 0 Å². The Morgan fingerprint density at radius 2 is 2.27 bits per heavy atom. The van der Waals surface area contributed by atoms with Gasteiger partial charge in [-0.3, -0.25) is 9.48 Å². The first kappa shape index (κ1) is 12.4. The molecule has 0 aromatic carbocycles. The highest BCUT2D eigenvalue weighted by Crippen LogP contribution is 2.14. The molecule has 0 radical (unpaired) electrons. The van der Waals surface area contributed by atoms with Crippen LogP contribution in [0.3, 0.4) is 0 Å². The normalized spacial score (nSPS) is 10.6. The molecule has 0 aliphatic rings. The molecule has 1 heterocycles. The van der Waals surface area contributed by atoms with E-state index in [1.807, 2.05) is 13.1 Å². The number of aromatic nitrogens is 2. The Labute approximate surface area is 99.0 Å². The van der Waals surface area contributed by atoms with Gasteiger partial charge in [-0.15, -0.1) is 0 Å². The van der Waals surface area contributed by atoms with E-state index in [4.69, 9.17) is 0 Å². The van der Waals surface area contributed by atoms with Gasteiger partial charge in [0.05, 0.1) is 11.5 Å². The van der Waals surface area contributed by atoms with Gasteiger partial charge in [-0.2, -0.15) is 5.10 Å². The lowest BCUT2D eigenvalue weighted by molar-refractivity contribution is 0.101. The topological polar surface area (TPSA) is 34.9 Å². The molecular weight excluding hydrogens is 256 g/mol. The van der Waals surface area contributed by atoms with E-state index in [1.54, 1.807) is 4.68 Å². The summed E-state index contributed by atoms with van der Waals surface area (Å²) in [6, 6.07) is 0. The van der Waals surface area contributed by atoms with E-state index in [2.05, 4.69) is 28.0 Å². The van der Waals surface area contributed by atoms with Gasteiger partial charge in [0.25, 0.3) is 0 Å². The standard InChI is InChI=1S/C11H17BrN2O/c1-3-5-6-9-8-13-14(4-2)11(9)10(15)7-12/h8H,3-7H2,1-2H3. The highest BCUT2D eigenvalue weighted by atomic mass is 79.9. The van der Waals surface area contributed by atoms with Gasteiger partial charge in [0.15, 0.2) is 5.78 Å². The number of carbonyl (C=O) groups excluding carboxylic acids is 1. The number of carbonyl (C=O) groups is 1. The van der Waals surface area contributed by atoms with Gasteiger partial charge in [-0.05, 0) is 19.8 Å². The van der Waals surface area contributed by atoms with Crippen LogP contribution in [0, 0.1) is 0 Å². The van der Waals surface area contributed by atoms with E-state index >= 15 is 0 Å². The first-order valence-corrected chi connectivity index (χ1v) is 6.50. The van der Waals surface area contributed by atoms with Gasteiger partial charge in [-0.1, -0.05) is 29.3 Å². The summed E-state index contributed by atoms with van der Waals surface area (Å²) in [5.74, 6) is 0.125. The average molecular weight is 273 g/mol. The maximum atomic E-state index is 11.7. The summed E-state index contributed by atoms with van der Waals surface area (Å²) in [6.45, 7) is 4.90. The Morgan fingerprint density at radius 3 is 2.80 bits per heavy atom. The van der Waals surface area contributed by atoms with Crippen LogP contribution >= 0.6 is 15.9 Å². The van der Waals surface area contributed by atoms with Crippen LogP contribution in [0.2, 0.25) is 0 Å². The SMILES string of the molecule is CCCCc1cnn(CC)c1C(=O)CBr. The van der Waals surface area contributed by atoms with E-state index in [1.165, 1.54) is 0 Å². The molecule has 0 atom stereocenters. The van der Waals surface area contributed by atoms with Crippen molar-refractivity contribution in [3.05, 3.63) is 17.5 Å². The van der Waals surface area contributed by atoms with Crippen LogP contribution in [0.1, 0.15) is 42.7 Å². The molecule has 84 valence electrons. The summed E-state index contributed by atoms with van der Waals surface area (Å²) in [6.07, 6.45) is 5.02. The zero-order valence-corrected chi connectivity index (χ0v) is 10.9. The number of ketones is 1. The average Bonchev–Trinajstić information content (AvgIpc) is 2.68. The molecule has 0 spiro atoms. The highest BCUT2D eigenvalue weighted by molar-refractivity contribution is 9.09. The number of hydrogen-bond donors (Lipinski definition) is 0. The van der Waals surface area contributed by atoms with E-state index in [0.29, 0.717) is 5.33 Å². The van der Waals surface area contributed by atoms with Crippen molar-refractivity contribution in [1.82, 2.24) is 9.78 Å². The van der Waals surface area contributed by atoms with Crippen LogP contribution in [0.25, 0.3) is 0 Å². The number of aryl methyl sites for hydroxylation is 2. The van der Waals surface area contributed by atoms with E-state index in [0.717, 1.165) is 37.1 Å². The summed E-state index contributed by atoms with van der Waals surface area (Å²) >= 11 is 3.21. The lowest BCUT2D eigenvalue weighted by Crippen LogP contribution is -2.12. The Hall–Kier alpha value is -0.640. The molecule has 0 fully saturated rings. The fourth-order valence-electron chi connectivity index (χ4n) is 1.60. The minimum absolute atomic E-state index is 0.125. The van der Waals surface area contributed by atoms with Crippen LogP contribution in [0.15, 0.2) is 6.20 Å². The van der Waals surface area contributed by atoms with Gasteiger partial charge in [0.2, 0.25) is 0 Å². The lowest BCUT2D eigenvalue weighted by Gasteiger charge is -2.04. The number of nitrogens with zero attached hydrogens (tertiary/aromatic N) is 2. The Kier molecular flexibility index (Phi) is 5.02. The Bertz CT molecular complexity index is 333. The second-order valence-corrected chi connectivity index (χ2v) is 4.06. The largest absolute Gasteiger partial charge is 0.292 e. The summed E-state index contributed by atoms with van der Waals surface area (Å²) in [4.78, 5) is 11.7. The van der Waals surface area contributed by atoms with Crippen molar-refractivity contribution in [3.8, 4) is 0 Å². The molecule has 4 heteroatoms. The molecule has 0 bridgehead atoms. The van der Waals surface area contributed by atoms with Crippen molar-refractivity contribution < 1.29 is 4.79 Å². The van der Waals surface area contributed by atoms with Gasteiger partial charge < -0.3 is 0 Å². The highest BCUT2D eigenvalue weighted by Gasteiger charge is 2.15.